The van der Waals surface area contributed by atoms with Gasteiger partial charge in [-0.25, -0.2) is 12.7 Å². The Hall–Kier alpha value is -1.15. The molecule has 23 heavy (non-hydrogen) atoms. The zero-order valence-corrected chi connectivity index (χ0v) is 14.2. The molecular formula is C15H18ClN3O3S. The third-order valence-electron chi connectivity index (χ3n) is 5.24. The lowest BCUT2D eigenvalue weighted by Crippen LogP contribution is -2.31. The molecule has 2 unspecified atom stereocenters. The first-order valence-electron chi connectivity index (χ1n) is 7.57. The Bertz CT molecular complexity index is 865. The monoisotopic (exact) mass is 355 g/mol. The van der Waals surface area contributed by atoms with E-state index in [0.29, 0.717) is 31.0 Å². The molecule has 0 spiro atoms. The number of fused-ring (bicyclic) bond motifs is 2. The third kappa shape index (κ3) is 2.46. The van der Waals surface area contributed by atoms with Gasteiger partial charge in [0.25, 0.3) is 0 Å². The highest BCUT2D eigenvalue weighted by Gasteiger charge is 2.51. The van der Waals surface area contributed by atoms with Crippen molar-refractivity contribution in [1.82, 2.24) is 14.5 Å². The Morgan fingerprint density at radius 2 is 2.00 bits per heavy atom. The third-order valence-corrected chi connectivity index (χ3v) is 6.69. The van der Waals surface area contributed by atoms with Gasteiger partial charge in [-0.05, 0) is 42.4 Å². The maximum Gasteiger partial charge on any atom is 0.211 e. The maximum absolute atomic E-state index is 11.7. The van der Waals surface area contributed by atoms with Crippen LogP contribution in [-0.4, -0.2) is 47.4 Å². The lowest BCUT2D eigenvalue weighted by molar-refractivity contribution is 0.0354. The molecule has 1 aliphatic heterocycles. The van der Waals surface area contributed by atoms with Gasteiger partial charge in [0.15, 0.2) is 0 Å². The van der Waals surface area contributed by atoms with Crippen molar-refractivity contribution >= 4 is 32.5 Å². The number of aliphatic hydroxyl groups is 1. The van der Waals surface area contributed by atoms with Gasteiger partial charge in [0.1, 0.15) is 0 Å². The van der Waals surface area contributed by atoms with Gasteiger partial charge in [0.2, 0.25) is 10.0 Å². The van der Waals surface area contributed by atoms with Crippen LogP contribution < -0.4 is 0 Å². The summed E-state index contributed by atoms with van der Waals surface area (Å²) in [6.07, 6.45) is 4.04. The average molecular weight is 356 g/mol. The first-order chi connectivity index (χ1) is 10.8. The second-order valence-electron chi connectivity index (χ2n) is 6.82. The van der Waals surface area contributed by atoms with Crippen LogP contribution in [0.25, 0.3) is 10.9 Å². The van der Waals surface area contributed by atoms with E-state index < -0.39 is 15.6 Å². The highest BCUT2D eigenvalue weighted by molar-refractivity contribution is 7.88. The molecule has 2 atom stereocenters. The first-order valence-corrected chi connectivity index (χ1v) is 9.79. The van der Waals surface area contributed by atoms with Gasteiger partial charge in [-0.1, -0.05) is 11.6 Å². The van der Waals surface area contributed by atoms with Crippen LogP contribution in [0.3, 0.4) is 0 Å². The molecule has 124 valence electrons. The van der Waals surface area contributed by atoms with Gasteiger partial charge in [-0.3, -0.25) is 5.10 Å². The minimum absolute atomic E-state index is 0.177. The number of sulfonamides is 1. The summed E-state index contributed by atoms with van der Waals surface area (Å²) in [5.74, 6) is 0.353. The molecule has 1 aromatic heterocycles. The van der Waals surface area contributed by atoms with Gasteiger partial charge in [-0.15, -0.1) is 0 Å². The number of halogens is 1. The normalized spacial score (nSPS) is 31.8. The number of hydrogen-bond donors (Lipinski definition) is 2. The Balaban J connectivity index is 1.68. The SMILES string of the molecule is CS(=O)(=O)N1CC2CC(O)(c3cc(Cl)cc4[nH]ncc34)CC2C1. The average Bonchev–Trinajstić information content (AvgIpc) is 3.09. The molecule has 2 aromatic rings. The fourth-order valence-electron chi connectivity index (χ4n) is 4.20. The summed E-state index contributed by atoms with van der Waals surface area (Å²) in [4.78, 5) is 0. The minimum atomic E-state index is -3.16. The number of nitrogens with one attached hydrogen (secondary N) is 1. The van der Waals surface area contributed by atoms with E-state index >= 15 is 0 Å². The molecule has 1 saturated carbocycles. The summed E-state index contributed by atoms with van der Waals surface area (Å²) in [5.41, 5.74) is 0.608. The predicted molar refractivity (Wildman–Crippen MR) is 87.6 cm³/mol. The van der Waals surface area contributed by atoms with E-state index in [1.807, 2.05) is 0 Å². The van der Waals surface area contributed by atoms with Crippen LogP contribution in [0.15, 0.2) is 18.3 Å². The van der Waals surface area contributed by atoms with Gasteiger partial charge >= 0.3 is 0 Å². The number of benzene rings is 1. The van der Waals surface area contributed by atoms with E-state index in [1.54, 1.807) is 18.3 Å². The number of aromatic amines is 1. The van der Waals surface area contributed by atoms with Crippen molar-refractivity contribution in [2.45, 2.75) is 18.4 Å². The molecule has 6 nitrogen and oxygen atoms in total. The topological polar surface area (TPSA) is 86.3 Å². The van der Waals surface area contributed by atoms with Crippen molar-refractivity contribution in [3.05, 3.63) is 28.9 Å². The molecule has 2 heterocycles. The van der Waals surface area contributed by atoms with E-state index in [0.717, 1.165) is 16.5 Å². The van der Waals surface area contributed by atoms with Crippen LogP contribution in [0.2, 0.25) is 5.02 Å². The smallest absolute Gasteiger partial charge is 0.211 e. The first kappa shape index (κ1) is 15.4. The molecule has 4 rings (SSSR count). The highest BCUT2D eigenvalue weighted by atomic mass is 35.5. The lowest BCUT2D eigenvalue weighted by Gasteiger charge is -2.26. The molecular weight excluding hydrogens is 338 g/mol. The van der Waals surface area contributed by atoms with Crippen LogP contribution in [0.4, 0.5) is 0 Å². The molecule has 1 aromatic carbocycles. The second kappa shape index (κ2) is 4.92. The summed E-state index contributed by atoms with van der Waals surface area (Å²) in [7, 11) is -3.16. The lowest BCUT2D eigenvalue weighted by atomic mass is 9.88. The maximum atomic E-state index is 11.7. The largest absolute Gasteiger partial charge is 0.385 e. The van der Waals surface area contributed by atoms with E-state index in [9.17, 15) is 13.5 Å². The van der Waals surface area contributed by atoms with Crippen LogP contribution in [0, 0.1) is 11.8 Å². The van der Waals surface area contributed by atoms with Crippen molar-refractivity contribution in [2.24, 2.45) is 11.8 Å². The van der Waals surface area contributed by atoms with E-state index in [2.05, 4.69) is 10.2 Å². The Morgan fingerprint density at radius 1 is 1.35 bits per heavy atom. The molecule has 0 amide bonds. The van der Waals surface area contributed by atoms with Gasteiger partial charge < -0.3 is 5.11 Å². The van der Waals surface area contributed by atoms with Crippen LogP contribution >= 0.6 is 11.6 Å². The summed E-state index contributed by atoms with van der Waals surface area (Å²) in [5, 5.41) is 19.6. The number of H-pyrrole nitrogens is 1. The van der Waals surface area contributed by atoms with Crippen molar-refractivity contribution in [2.75, 3.05) is 19.3 Å². The molecule has 2 fully saturated rings. The van der Waals surface area contributed by atoms with Crippen LogP contribution in [0.1, 0.15) is 18.4 Å². The molecule has 1 saturated heterocycles. The summed E-state index contributed by atoms with van der Waals surface area (Å²) >= 11 is 6.18. The number of aromatic nitrogens is 2. The Morgan fingerprint density at radius 3 is 2.61 bits per heavy atom. The summed E-state index contributed by atoms with van der Waals surface area (Å²) < 4.78 is 24.9. The van der Waals surface area contributed by atoms with E-state index in [-0.39, 0.29) is 11.8 Å². The standard InChI is InChI=1S/C15H18ClN3O3S/c1-23(21,22)19-7-9-4-15(20,5-10(9)8-19)13-2-11(16)3-14-12(13)6-17-18-14/h2-3,6,9-10,20H,4-5,7-8H2,1H3,(H,17,18). The van der Waals surface area contributed by atoms with E-state index in [4.69, 9.17) is 11.6 Å². The van der Waals surface area contributed by atoms with Gasteiger partial charge in [0.05, 0.1) is 23.6 Å². The van der Waals surface area contributed by atoms with Crippen LogP contribution in [0.5, 0.6) is 0 Å². The van der Waals surface area contributed by atoms with Crippen molar-refractivity contribution in [1.29, 1.82) is 0 Å². The van der Waals surface area contributed by atoms with Gasteiger partial charge in [-0.2, -0.15) is 5.10 Å². The number of hydrogen-bond acceptors (Lipinski definition) is 4. The predicted octanol–water partition coefficient (Wildman–Crippen LogP) is 1.71. The van der Waals surface area contributed by atoms with Crippen molar-refractivity contribution in [3.8, 4) is 0 Å². The Kier molecular flexibility index (Phi) is 3.29. The molecule has 2 aliphatic rings. The summed E-state index contributed by atoms with van der Waals surface area (Å²) in [6.45, 7) is 0.974. The van der Waals surface area contributed by atoms with Crippen molar-refractivity contribution in [3.63, 3.8) is 0 Å². The zero-order valence-electron chi connectivity index (χ0n) is 12.7. The fourth-order valence-corrected chi connectivity index (χ4v) is 5.34. The van der Waals surface area contributed by atoms with Crippen molar-refractivity contribution < 1.29 is 13.5 Å². The van der Waals surface area contributed by atoms with Crippen LogP contribution in [-0.2, 0) is 15.6 Å². The molecule has 1 aliphatic carbocycles. The van der Waals surface area contributed by atoms with E-state index in [1.165, 1.54) is 10.6 Å². The van der Waals surface area contributed by atoms with Gasteiger partial charge in [0, 0.05) is 23.5 Å². The second-order valence-corrected chi connectivity index (χ2v) is 9.24. The number of nitrogens with zero attached hydrogens (tertiary/aromatic N) is 2. The minimum Gasteiger partial charge on any atom is -0.385 e. The fraction of sp³-hybridized carbons (Fsp3) is 0.533. The molecule has 0 radical (unpaired) electrons. The number of rotatable bonds is 2. The molecule has 0 bridgehead atoms. The Labute approximate surface area is 139 Å². The highest BCUT2D eigenvalue weighted by Crippen LogP contribution is 2.50. The zero-order chi connectivity index (χ0) is 16.4. The quantitative estimate of drug-likeness (QED) is 0.858. The molecule has 8 heteroatoms. The molecule has 2 N–H and O–H groups in total. The summed E-state index contributed by atoms with van der Waals surface area (Å²) in [6, 6.07) is 3.59.